The first kappa shape index (κ1) is 11.4. The predicted octanol–water partition coefficient (Wildman–Crippen LogP) is 3.14. The Hall–Kier alpha value is 0.434. The van der Waals surface area contributed by atoms with Crippen molar-refractivity contribution in [2.24, 2.45) is 0 Å². The highest BCUT2D eigenvalue weighted by Gasteiger charge is 1.89. The molecule has 0 unspecified atom stereocenters. The highest BCUT2D eigenvalue weighted by Crippen LogP contribution is 2.06. The number of hydrogen-bond donors (Lipinski definition) is 0. The average molecular weight is 184 g/mol. The SMILES string of the molecule is CCCCCCCC[Si][Si]C. The van der Waals surface area contributed by atoms with Crippen LogP contribution in [0.3, 0.4) is 0 Å². The molecule has 0 amide bonds. The van der Waals surface area contributed by atoms with E-state index < -0.39 is 0 Å². The second-order valence-corrected chi connectivity index (χ2v) is 6.86. The third kappa shape index (κ3) is 10.4. The van der Waals surface area contributed by atoms with Gasteiger partial charge in [-0.2, -0.15) is 0 Å². The molecule has 0 aliphatic carbocycles. The average Bonchev–Trinajstić information content (AvgIpc) is 2.03. The van der Waals surface area contributed by atoms with Gasteiger partial charge in [-0.3, -0.25) is 0 Å². The largest absolute Gasteiger partial charge is 0.0759 e. The lowest BCUT2D eigenvalue weighted by Gasteiger charge is -1.98. The van der Waals surface area contributed by atoms with E-state index in [-0.39, 0.29) is 0 Å². The fraction of sp³-hybridized carbons (Fsp3) is 1.00. The van der Waals surface area contributed by atoms with Crippen LogP contribution in [0.2, 0.25) is 12.6 Å². The molecule has 0 saturated carbocycles. The third-order valence-corrected chi connectivity index (χ3v) is 4.60. The van der Waals surface area contributed by atoms with Crippen LogP contribution in [0.25, 0.3) is 0 Å². The quantitative estimate of drug-likeness (QED) is 0.402. The molecule has 0 aromatic carbocycles. The Kier molecular flexibility index (Phi) is 10.8. The highest BCUT2D eigenvalue weighted by atomic mass is 29.1. The first-order valence-electron chi connectivity index (χ1n) is 4.81. The molecular weight excluding hydrogens is 164 g/mol. The van der Waals surface area contributed by atoms with E-state index in [1.165, 1.54) is 62.6 Å². The topological polar surface area (TPSA) is 0 Å². The molecule has 2 heteroatoms. The fourth-order valence-electron chi connectivity index (χ4n) is 1.12. The van der Waals surface area contributed by atoms with E-state index >= 15 is 0 Å². The summed E-state index contributed by atoms with van der Waals surface area (Å²) in [6.07, 6.45) is 8.73. The normalized spacial score (nSPS) is 10.4. The molecule has 0 heterocycles. The van der Waals surface area contributed by atoms with Gasteiger partial charge in [-0.1, -0.05) is 58.0 Å². The summed E-state index contributed by atoms with van der Waals surface area (Å²) in [5.41, 5.74) is 0. The molecule has 0 N–H and O–H groups in total. The molecular formula is C9H20Si2. The van der Waals surface area contributed by atoms with Crippen LogP contribution in [0.15, 0.2) is 0 Å². The lowest BCUT2D eigenvalue weighted by molar-refractivity contribution is 0.624. The van der Waals surface area contributed by atoms with Gasteiger partial charge in [-0.25, -0.2) is 0 Å². The van der Waals surface area contributed by atoms with Gasteiger partial charge in [0.05, 0.1) is 0 Å². The predicted molar refractivity (Wildman–Crippen MR) is 55.6 cm³/mol. The van der Waals surface area contributed by atoms with Gasteiger partial charge in [-0.05, 0) is 0 Å². The molecule has 0 aromatic heterocycles. The summed E-state index contributed by atoms with van der Waals surface area (Å²) in [6.45, 7) is 4.59. The van der Waals surface area contributed by atoms with Crippen LogP contribution in [-0.2, 0) is 0 Å². The highest BCUT2D eigenvalue weighted by molar-refractivity contribution is 6.99. The molecule has 0 aliphatic heterocycles. The van der Waals surface area contributed by atoms with E-state index in [9.17, 15) is 0 Å². The summed E-state index contributed by atoms with van der Waals surface area (Å²) in [5, 5.41) is 0. The number of hydrogen-bond acceptors (Lipinski definition) is 0. The van der Waals surface area contributed by atoms with Crippen LogP contribution in [0.5, 0.6) is 0 Å². The van der Waals surface area contributed by atoms with Crippen molar-refractivity contribution < 1.29 is 0 Å². The Morgan fingerprint density at radius 3 is 2.18 bits per heavy atom. The minimum absolute atomic E-state index is 1.20. The van der Waals surface area contributed by atoms with Gasteiger partial charge in [0, 0.05) is 18.1 Å². The monoisotopic (exact) mass is 184 g/mol. The summed E-state index contributed by atoms with van der Waals surface area (Å²) < 4.78 is 0. The van der Waals surface area contributed by atoms with E-state index in [0.29, 0.717) is 0 Å². The van der Waals surface area contributed by atoms with Crippen LogP contribution in [0.1, 0.15) is 45.4 Å². The van der Waals surface area contributed by atoms with E-state index in [0.717, 1.165) is 0 Å². The van der Waals surface area contributed by atoms with Gasteiger partial charge in [-0.15, -0.1) is 0 Å². The molecule has 0 aromatic rings. The Bertz CT molecular complexity index is 56.6. The standard InChI is InChI=1S/C9H20Si2/c1-3-4-5-6-7-8-9-11-10-2/h3-9H2,1-2H3. The van der Waals surface area contributed by atoms with Gasteiger partial charge in [0.1, 0.15) is 0 Å². The molecule has 0 atom stereocenters. The van der Waals surface area contributed by atoms with Crippen LogP contribution < -0.4 is 0 Å². The van der Waals surface area contributed by atoms with E-state index in [1.54, 1.807) is 0 Å². The smallest absolute Gasteiger partial charge is 0.0219 e. The number of rotatable bonds is 8. The van der Waals surface area contributed by atoms with Gasteiger partial charge in [0.2, 0.25) is 0 Å². The molecule has 0 saturated heterocycles. The first-order valence-corrected chi connectivity index (χ1v) is 8.52. The Labute approximate surface area is 76.6 Å². The summed E-state index contributed by atoms with van der Waals surface area (Å²) in [6, 6.07) is 1.50. The maximum absolute atomic E-state index is 2.32. The van der Waals surface area contributed by atoms with Crippen molar-refractivity contribution in [3.63, 3.8) is 0 Å². The molecule has 0 nitrogen and oxygen atoms in total. The molecule has 0 fully saturated rings. The maximum atomic E-state index is 2.32. The van der Waals surface area contributed by atoms with Crippen molar-refractivity contribution >= 4 is 18.1 Å². The molecule has 11 heavy (non-hydrogen) atoms. The van der Waals surface area contributed by atoms with Gasteiger partial charge in [0.25, 0.3) is 0 Å². The lowest BCUT2D eigenvalue weighted by Crippen LogP contribution is -1.96. The zero-order chi connectivity index (χ0) is 8.36. The summed E-state index contributed by atoms with van der Waals surface area (Å²) in [7, 11) is 2.45. The Morgan fingerprint density at radius 2 is 1.55 bits per heavy atom. The summed E-state index contributed by atoms with van der Waals surface area (Å²) in [4.78, 5) is 0. The van der Waals surface area contributed by atoms with Crippen molar-refractivity contribution in [2.45, 2.75) is 58.0 Å². The lowest BCUT2D eigenvalue weighted by atomic mass is 10.1. The van der Waals surface area contributed by atoms with Gasteiger partial charge >= 0.3 is 0 Å². The minimum Gasteiger partial charge on any atom is -0.0759 e. The Balaban J connectivity index is 2.69. The summed E-state index contributed by atoms with van der Waals surface area (Å²) >= 11 is 0. The van der Waals surface area contributed by atoms with E-state index in [2.05, 4.69) is 13.5 Å². The van der Waals surface area contributed by atoms with Crippen molar-refractivity contribution in [1.29, 1.82) is 0 Å². The molecule has 64 valence electrons. The fourth-order valence-corrected chi connectivity index (χ4v) is 3.08. The number of unbranched alkanes of at least 4 members (excludes halogenated alkanes) is 5. The minimum atomic E-state index is 1.20. The third-order valence-electron chi connectivity index (χ3n) is 1.83. The van der Waals surface area contributed by atoms with Crippen LogP contribution in [0.4, 0.5) is 0 Å². The van der Waals surface area contributed by atoms with Crippen LogP contribution >= 0.6 is 0 Å². The molecule has 0 rings (SSSR count). The summed E-state index contributed by atoms with van der Waals surface area (Å²) in [5.74, 6) is 0. The van der Waals surface area contributed by atoms with Crippen molar-refractivity contribution in [1.82, 2.24) is 0 Å². The van der Waals surface area contributed by atoms with E-state index in [4.69, 9.17) is 0 Å². The van der Waals surface area contributed by atoms with Crippen molar-refractivity contribution in [3.8, 4) is 0 Å². The van der Waals surface area contributed by atoms with Gasteiger partial charge < -0.3 is 0 Å². The molecule has 0 bridgehead atoms. The maximum Gasteiger partial charge on any atom is 0.0219 e. The second kappa shape index (κ2) is 10.4. The molecule has 0 spiro atoms. The zero-order valence-corrected chi connectivity index (χ0v) is 9.95. The van der Waals surface area contributed by atoms with Gasteiger partial charge in [0.15, 0.2) is 0 Å². The van der Waals surface area contributed by atoms with Crippen molar-refractivity contribution in [2.75, 3.05) is 0 Å². The van der Waals surface area contributed by atoms with Crippen LogP contribution in [-0.4, -0.2) is 18.1 Å². The second-order valence-electron chi connectivity index (χ2n) is 2.94. The van der Waals surface area contributed by atoms with Crippen LogP contribution in [0, 0.1) is 0 Å². The first-order chi connectivity index (χ1) is 5.41. The zero-order valence-electron chi connectivity index (χ0n) is 7.95. The molecule has 4 radical (unpaired) electrons. The van der Waals surface area contributed by atoms with Crippen molar-refractivity contribution in [3.05, 3.63) is 0 Å². The van der Waals surface area contributed by atoms with E-state index in [1.807, 2.05) is 0 Å². The molecule has 0 aliphatic rings. The Morgan fingerprint density at radius 1 is 0.909 bits per heavy atom.